The fourth-order valence-corrected chi connectivity index (χ4v) is 11.6. The second-order valence-electron chi connectivity index (χ2n) is 18.5. The molecule has 1 radical (unpaired) electrons. The van der Waals surface area contributed by atoms with Crippen LogP contribution >= 0.6 is 11.3 Å². The van der Waals surface area contributed by atoms with Crippen molar-refractivity contribution in [2.45, 2.75) is 71.6 Å². The zero-order valence-corrected chi connectivity index (χ0v) is 40.2. The molecule has 325 valence electrons. The maximum Gasteiger partial charge on any atom is 0.192 e. The van der Waals surface area contributed by atoms with Crippen molar-refractivity contribution in [3.8, 4) is 22.3 Å². The number of aryl methyl sites for hydroxylation is 2. The zero-order chi connectivity index (χ0) is 46.0. The summed E-state index contributed by atoms with van der Waals surface area (Å²) < 4.78 is 2.54. The first-order valence-electron chi connectivity index (χ1n) is 23.4. The molecule has 0 aliphatic heterocycles. The lowest BCUT2D eigenvalue weighted by molar-refractivity contribution is 0.601. The van der Waals surface area contributed by atoms with E-state index >= 15 is 0 Å². The normalized spacial score (nSPS) is 15.5. The average molecular weight is 873 g/mol. The van der Waals surface area contributed by atoms with Gasteiger partial charge in [-0.25, -0.2) is 0 Å². The number of anilines is 2. The minimum absolute atomic E-state index is 0.190. The van der Waals surface area contributed by atoms with Crippen molar-refractivity contribution in [2.24, 2.45) is 0 Å². The minimum Gasteiger partial charge on any atom is -0.354 e. The first kappa shape index (κ1) is 44.5. The van der Waals surface area contributed by atoms with Crippen LogP contribution in [0.5, 0.6) is 0 Å². The van der Waals surface area contributed by atoms with E-state index in [9.17, 15) is 0 Å². The second-order valence-corrected chi connectivity index (χ2v) is 19.6. The molecule has 2 aliphatic rings. The molecule has 9 rings (SSSR count). The molecule has 3 heteroatoms. The van der Waals surface area contributed by atoms with Gasteiger partial charge in [0.1, 0.15) is 0 Å². The fraction of sp³-hybridized carbons (Fsp3) is 0.175. The highest BCUT2D eigenvalue weighted by molar-refractivity contribution is 7.26. The molecule has 0 fully saturated rings. The molecular weight excluding hydrogens is 814 g/mol. The number of rotatable bonds is 14. The topological polar surface area (TPSA) is 12.0 Å². The molecule has 66 heavy (non-hydrogen) atoms. The molecule has 1 nitrogen and oxygen atoms in total. The first-order valence-corrected chi connectivity index (χ1v) is 24.2. The second kappa shape index (κ2) is 18.7. The van der Waals surface area contributed by atoms with E-state index in [4.69, 9.17) is 6.58 Å². The number of hydrogen-bond acceptors (Lipinski definition) is 2. The van der Waals surface area contributed by atoms with Gasteiger partial charge in [0.05, 0.1) is 10.4 Å². The van der Waals surface area contributed by atoms with E-state index in [1.54, 1.807) is 0 Å². The third-order valence-corrected chi connectivity index (χ3v) is 15.1. The van der Waals surface area contributed by atoms with Crippen LogP contribution in [-0.4, -0.2) is 7.28 Å². The maximum atomic E-state index is 4.87. The fourth-order valence-electron chi connectivity index (χ4n) is 10.4. The Morgan fingerprint density at radius 2 is 1.55 bits per heavy atom. The Bertz CT molecular complexity index is 3200. The van der Waals surface area contributed by atoms with E-state index in [2.05, 4.69) is 237 Å². The third kappa shape index (κ3) is 8.05. The third-order valence-electron chi connectivity index (χ3n) is 13.9. The molecule has 2 aliphatic carbocycles. The van der Waals surface area contributed by atoms with Gasteiger partial charge in [-0.05, 0) is 110 Å². The summed E-state index contributed by atoms with van der Waals surface area (Å²) in [7, 11) is 2.47. The van der Waals surface area contributed by atoms with Crippen molar-refractivity contribution in [2.75, 3.05) is 5.32 Å². The molecule has 1 heterocycles. The van der Waals surface area contributed by atoms with Crippen LogP contribution in [0.3, 0.4) is 0 Å². The van der Waals surface area contributed by atoms with Crippen LogP contribution in [-0.2, 0) is 10.8 Å². The van der Waals surface area contributed by atoms with Crippen LogP contribution in [0.15, 0.2) is 217 Å². The van der Waals surface area contributed by atoms with Gasteiger partial charge in [-0.3, -0.25) is 0 Å². The van der Waals surface area contributed by atoms with Gasteiger partial charge in [0.2, 0.25) is 0 Å². The Balaban J connectivity index is 1.32. The number of allylic oxidation sites excluding steroid dienone is 14. The molecule has 7 aromatic rings. The van der Waals surface area contributed by atoms with E-state index in [0.29, 0.717) is 0 Å². The molecule has 0 saturated heterocycles. The van der Waals surface area contributed by atoms with Crippen LogP contribution in [0.1, 0.15) is 74.8 Å². The standard InChI is InChI=1S/C63H59BNS/c1-9-11-15-24-45(6)63(46-25-16-13-17-26-46,47-27-18-14-19-28-47)41-44(5)55(32-12-10-2)64-59-43(4)40-54-57(51-30-20-22-31-53(51)62(54,7)8)58(59)52-39-38-50-49-29-21-23-33-56(49)66-61(50)60(52)65-48-36-34-42(3)35-37-48/h9-13,15-18,20-40,65H,2,6,14,19,41H2,1,3-5,7-8H3/b11-9-,24-15-,32-12-,55-44+. The highest BCUT2D eigenvalue weighted by Gasteiger charge is 2.40. The highest BCUT2D eigenvalue weighted by atomic mass is 32.1. The van der Waals surface area contributed by atoms with Gasteiger partial charge in [-0.2, -0.15) is 0 Å². The van der Waals surface area contributed by atoms with Crippen LogP contribution in [0.4, 0.5) is 11.4 Å². The van der Waals surface area contributed by atoms with Crippen molar-refractivity contribution < 1.29 is 0 Å². The number of thiophene rings is 1. The van der Waals surface area contributed by atoms with Gasteiger partial charge in [0, 0.05) is 37.6 Å². The van der Waals surface area contributed by atoms with Crippen LogP contribution in [0.25, 0.3) is 42.4 Å². The number of fused-ring (bicyclic) bond motifs is 6. The summed E-state index contributed by atoms with van der Waals surface area (Å²) in [6.45, 7) is 22.7. The summed E-state index contributed by atoms with van der Waals surface area (Å²) in [6, 6.07) is 44.9. The molecule has 1 N–H and O–H groups in total. The summed E-state index contributed by atoms with van der Waals surface area (Å²) in [6.07, 6.45) is 24.6. The molecule has 1 atom stereocenters. The van der Waals surface area contributed by atoms with E-state index in [0.717, 1.165) is 41.7 Å². The lowest BCUT2D eigenvalue weighted by Gasteiger charge is -2.39. The van der Waals surface area contributed by atoms with Gasteiger partial charge in [0.15, 0.2) is 7.28 Å². The quantitative estimate of drug-likeness (QED) is 0.0848. The Labute approximate surface area is 398 Å². The van der Waals surface area contributed by atoms with Crippen molar-refractivity contribution in [1.29, 1.82) is 0 Å². The van der Waals surface area contributed by atoms with Crippen molar-refractivity contribution in [3.05, 3.63) is 245 Å². The SMILES string of the molecule is C=C/C=C\C([B]c1c(C)cc2c(c1-c1ccc3c(sc4ccccc43)c1Nc1ccc(C)cc1)-c1ccccc1C2(C)C)=C(\C)CC(C(=C)/C=C\C=C/C)(C1=CCCC=C1)c1ccccc1. The Hall–Kier alpha value is -6.68. The largest absolute Gasteiger partial charge is 0.354 e. The summed E-state index contributed by atoms with van der Waals surface area (Å²) in [5, 5.41) is 6.59. The number of nitrogens with one attached hydrogen (secondary N) is 1. The molecule has 6 aromatic carbocycles. The highest BCUT2D eigenvalue weighted by Crippen LogP contribution is 2.54. The summed E-state index contributed by atoms with van der Waals surface area (Å²) >= 11 is 1.87. The van der Waals surface area contributed by atoms with E-state index < -0.39 is 5.41 Å². The number of hydrogen-bond donors (Lipinski definition) is 1. The van der Waals surface area contributed by atoms with Gasteiger partial charge < -0.3 is 5.32 Å². The van der Waals surface area contributed by atoms with E-state index in [1.165, 1.54) is 86.9 Å². The Morgan fingerprint density at radius 3 is 2.30 bits per heavy atom. The maximum absolute atomic E-state index is 4.87. The average Bonchev–Trinajstić information content (AvgIpc) is 3.83. The van der Waals surface area contributed by atoms with Crippen LogP contribution in [0.2, 0.25) is 0 Å². The molecule has 1 unspecified atom stereocenters. The van der Waals surface area contributed by atoms with Gasteiger partial charge in [-0.15, -0.1) is 11.3 Å². The summed E-state index contributed by atoms with van der Waals surface area (Å²) in [4.78, 5) is 0. The van der Waals surface area contributed by atoms with Crippen molar-refractivity contribution in [1.82, 2.24) is 0 Å². The molecular formula is C63H59BNS. The van der Waals surface area contributed by atoms with Crippen LogP contribution in [0, 0.1) is 13.8 Å². The molecule has 1 aromatic heterocycles. The zero-order valence-electron chi connectivity index (χ0n) is 39.3. The van der Waals surface area contributed by atoms with E-state index in [1.807, 2.05) is 17.4 Å². The molecule has 0 amide bonds. The monoisotopic (exact) mass is 872 g/mol. The van der Waals surface area contributed by atoms with Crippen molar-refractivity contribution in [3.63, 3.8) is 0 Å². The van der Waals surface area contributed by atoms with Gasteiger partial charge in [-0.1, -0.05) is 219 Å². The lowest BCUT2D eigenvalue weighted by atomic mass is 9.55. The summed E-state index contributed by atoms with van der Waals surface area (Å²) in [5.41, 5.74) is 19.0. The van der Waals surface area contributed by atoms with E-state index in [-0.39, 0.29) is 5.41 Å². The summed E-state index contributed by atoms with van der Waals surface area (Å²) in [5.74, 6) is 0. The minimum atomic E-state index is -0.502. The molecule has 0 spiro atoms. The molecule has 0 bridgehead atoms. The smallest absolute Gasteiger partial charge is 0.192 e. The Morgan fingerprint density at radius 1 is 0.788 bits per heavy atom. The van der Waals surface area contributed by atoms with Crippen LogP contribution < -0.4 is 10.8 Å². The molecule has 0 saturated carbocycles. The number of benzene rings is 6. The first-order chi connectivity index (χ1) is 32.1. The van der Waals surface area contributed by atoms with Gasteiger partial charge >= 0.3 is 0 Å². The van der Waals surface area contributed by atoms with Crippen molar-refractivity contribution >= 4 is 55.6 Å². The predicted octanol–water partition coefficient (Wildman–Crippen LogP) is 17.0. The Kier molecular flexibility index (Phi) is 12.6. The van der Waals surface area contributed by atoms with Gasteiger partial charge in [0.25, 0.3) is 0 Å². The lowest BCUT2D eigenvalue weighted by Crippen LogP contribution is -2.32. The predicted molar refractivity (Wildman–Crippen MR) is 291 cm³/mol.